The average Bonchev–Trinajstić information content (AvgIpc) is 3.08. The number of rotatable bonds is 7. The molecule has 0 radical (unpaired) electrons. The van der Waals surface area contributed by atoms with Crippen LogP contribution in [0.1, 0.15) is 30.5 Å². The van der Waals surface area contributed by atoms with Gasteiger partial charge >= 0.3 is 0 Å². The van der Waals surface area contributed by atoms with Gasteiger partial charge in [0, 0.05) is 36.7 Å². The number of carbonyl (C=O) groups is 1. The zero-order chi connectivity index (χ0) is 18.4. The summed E-state index contributed by atoms with van der Waals surface area (Å²) in [5.41, 5.74) is 2.44. The van der Waals surface area contributed by atoms with Crippen molar-refractivity contribution in [1.82, 2.24) is 15.5 Å². The van der Waals surface area contributed by atoms with Crippen LogP contribution in [0.4, 0.5) is 0 Å². The fourth-order valence-corrected chi connectivity index (χ4v) is 3.46. The molecule has 5 heteroatoms. The maximum Gasteiger partial charge on any atom is 0.234 e. The number of likely N-dealkylation sites (tertiary alicyclic amines) is 1. The van der Waals surface area contributed by atoms with Crippen LogP contribution in [0.2, 0.25) is 5.02 Å². The molecule has 2 aromatic carbocycles. The zero-order valence-corrected chi connectivity index (χ0v) is 15.9. The lowest BCUT2D eigenvalue weighted by atomic mass is 10.1. The third kappa shape index (κ3) is 5.56. The Hall–Kier alpha value is -1.88. The summed E-state index contributed by atoms with van der Waals surface area (Å²) in [6, 6.07) is 18.5. The molecule has 1 aliphatic heterocycles. The molecule has 1 amide bonds. The Morgan fingerprint density at radius 2 is 1.92 bits per heavy atom. The number of amides is 1. The largest absolute Gasteiger partial charge is 0.351 e. The minimum atomic E-state index is 0.0531. The van der Waals surface area contributed by atoms with Crippen LogP contribution >= 0.6 is 11.6 Å². The van der Waals surface area contributed by atoms with Crippen molar-refractivity contribution in [3.63, 3.8) is 0 Å². The molecule has 2 atom stereocenters. The second-order valence-corrected chi connectivity index (χ2v) is 7.36. The van der Waals surface area contributed by atoms with Crippen LogP contribution in [-0.2, 0) is 11.3 Å². The van der Waals surface area contributed by atoms with Crippen molar-refractivity contribution in [3.05, 3.63) is 70.7 Å². The van der Waals surface area contributed by atoms with E-state index in [1.54, 1.807) is 0 Å². The van der Waals surface area contributed by atoms with Crippen molar-refractivity contribution in [2.75, 3.05) is 19.6 Å². The van der Waals surface area contributed by atoms with E-state index in [1.165, 1.54) is 5.56 Å². The molecule has 138 valence electrons. The number of hydrogen-bond donors (Lipinski definition) is 2. The maximum absolute atomic E-state index is 12.2. The lowest BCUT2D eigenvalue weighted by Gasteiger charge is -2.18. The van der Waals surface area contributed by atoms with Gasteiger partial charge in [-0.2, -0.15) is 0 Å². The smallest absolute Gasteiger partial charge is 0.234 e. The Bertz CT molecular complexity index is 705. The van der Waals surface area contributed by atoms with Crippen LogP contribution in [-0.4, -0.2) is 36.5 Å². The number of benzene rings is 2. The molecule has 1 saturated heterocycles. The second kappa shape index (κ2) is 9.17. The lowest BCUT2D eigenvalue weighted by molar-refractivity contribution is -0.121. The van der Waals surface area contributed by atoms with Gasteiger partial charge in [-0.25, -0.2) is 0 Å². The van der Waals surface area contributed by atoms with Crippen LogP contribution in [0.25, 0.3) is 0 Å². The Morgan fingerprint density at radius 3 is 2.65 bits per heavy atom. The van der Waals surface area contributed by atoms with Crippen LogP contribution in [0.15, 0.2) is 54.6 Å². The maximum atomic E-state index is 12.2. The van der Waals surface area contributed by atoms with E-state index in [1.807, 2.05) is 37.3 Å². The van der Waals surface area contributed by atoms with E-state index in [9.17, 15) is 4.79 Å². The van der Waals surface area contributed by atoms with Gasteiger partial charge < -0.3 is 10.6 Å². The van der Waals surface area contributed by atoms with Crippen molar-refractivity contribution in [2.24, 2.45) is 0 Å². The first kappa shape index (κ1) is 18.9. The summed E-state index contributed by atoms with van der Waals surface area (Å²) in [6.45, 7) is 5.24. The summed E-state index contributed by atoms with van der Waals surface area (Å²) in [5, 5.41) is 7.14. The molecule has 26 heavy (non-hydrogen) atoms. The van der Waals surface area contributed by atoms with Crippen molar-refractivity contribution in [2.45, 2.75) is 32.0 Å². The van der Waals surface area contributed by atoms with Crippen molar-refractivity contribution < 1.29 is 4.79 Å². The zero-order valence-electron chi connectivity index (χ0n) is 15.1. The molecule has 1 heterocycles. The number of halogens is 1. The van der Waals surface area contributed by atoms with Gasteiger partial charge in [0.15, 0.2) is 0 Å². The average molecular weight is 372 g/mol. The highest BCUT2D eigenvalue weighted by molar-refractivity contribution is 6.30. The molecule has 3 rings (SSSR count). The van der Waals surface area contributed by atoms with Crippen molar-refractivity contribution in [3.8, 4) is 0 Å². The Morgan fingerprint density at radius 1 is 1.19 bits per heavy atom. The molecule has 1 fully saturated rings. The number of nitrogens with one attached hydrogen (secondary N) is 2. The minimum absolute atomic E-state index is 0.0531. The van der Waals surface area contributed by atoms with E-state index in [2.05, 4.69) is 39.8 Å². The van der Waals surface area contributed by atoms with Gasteiger partial charge in [0.25, 0.3) is 0 Å². The van der Waals surface area contributed by atoms with E-state index >= 15 is 0 Å². The third-order valence-electron chi connectivity index (χ3n) is 4.83. The first-order valence-corrected chi connectivity index (χ1v) is 9.52. The number of nitrogens with zero attached hydrogens (tertiary/aromatic N) is 1. The van der Waals surface area contributed by atoms with Crippen LogP contribution in [0, 0.1) is 0 Å². The third-order valence-corrected chi connectivity index (χ3v) is 5.08. The van der Waals surface area contributed by atoms with E-state index in [0.29, 0.717) is 6.54 Å². The van der Waals surface area contributed by atoms with Crippen molar-refractivity contribution >= 4 is 17.5 Å². The van der Waals surface area contributed by atoms with E-state index in [4.69, 9.17) is 11.6 Å². The minimum Gasteiger partial charge on any atom is -0.351 e. The fourth-order valence-electron chi connectivity index (χ4n) is 3.33. The standard InChI is InChI=1S/C21H26ClN3O/c1-16(18-7-9-19(22)10-8-18)23-13-21(26)24-20-11-12-25(15-20)14-17-5-3-2-4-6-17/h2-10,16,20,23H,11-15H2,1H3,(H,24,26)/t16-,20-/m1/s1. The summed E-state index contributed by atoms with van der Waals surface area (Å²) < 4.78 is 0. The summed E-state index contributed by atoms with van der Waals surface area (Å²) in [7, 11) is 0. The molecular formula is C21H26ClN3O. The van der Waals surface area contributed by atoms with Crippen molar-refractivity contribution in [1.29, 1.82) is 0 Å². The number of hydrogen-bond acceptors (Lipinski definition) is 3. The van der Waals surface area contributed by atoms with Gasteiger partial charge in [0.1, 0.15) is 0 Å². The lowest BCUT2D eigenvalue weighted by Crippen LogP contribution is -2.42. The van der Waals surface area contributed by atoms with Gasteiger partial charge in [0.05, 0.1) is 6.54 Å². The predicted octanol–water partition coefficient (Wildman–Crippen LogP) is 3.38. The molecule has 2 aromatic rings. The second-order valence-electron chi connectivity index (χ2n) is 6.93. The Kier molecular flexibility index (Phi) is 6.67. The quantitative estimate of drug-likeness (QED) is 0.784. The van der Waals surface area contributed by atoms with Gasteiger partial charge in [-0.3, -0.25) is 9.69 Å². The first-order valence-electron chi connectivity index (χ1n) is 9.14. The molecule has 2 N–H and O–H groups in total. The monoisotopic (exact) mass is 371 g/mol. The highest BCUT2D eigenvalue weighted by Crippen LogP contribution is 2.16. The highest BCUT2D eigenvalue weighted by atomic mass is 35.5. The SMILES string of the molecule is C[C@@H](NCC(=O)N[C@@H]1CCN(Cc2ccccc2)C1)c1ccc(Cl)cc1. The molecule has 4 nitrogen and oxygen atoms in total. The highest BCUT2D eigenvalue weighted by Gasteiger charge is 2.23. The summed E-state index contributed by atoms with van der Waals surface area (Å²) in [5.74, 6) is 0.0531. The van der Waals surface area contributed by atoms with E-state index < -0.39 is 0 Å². The molecule has 0 aromatic heterocycles. The van der Waals surface area contributed by atoms with Crippen LogP contribution in [0.5, 0.6) is 0 Å². The number of carbonyl (C=O) groups excluding carboxylic acids is 1. The van der Waals surface area contributed by atoms with Crippen LogP contribution in [0.3, 0.4) is 0 Å². The molecule has 0 bridgehead atoms. The van der Waals surface area contributed by atoms with Crippen LogP contribution < -0.4 is 10.6 Å². The van der Waals surface area contributed by atoms with Gasteiger partial charge in [0.2, 0.25) is 5.91 Å². The Labute approximate surface area is 160 Å². The molecular weight excluding hydrogens is 346 g/mol. The molecule has 0 spiro atoms. The summed E-state index contributed by atoms with van der Waals surface area (Å²) in [6.07, 6.45) is 1.01. The van der Waals surface area contributed by atoms with Gasteiger partial charge in [-0.05, 0) is 36.6 Å². The Balaban J connectivity index is 1.39. The van der Waals surface area contributed by atoms with Gasteiger partial charge in [-0.15, -0.1) is 0 Å². The summed E-state index contributed by atoms with van der Waals surface area (Å²) >= 11 is 5.91. The topological polar surface area (TPSA) is 44.4 Å². The normalized spacial score (nSPS) is 18.6. The first-order chi connectivity index (χ1) is 12.6. The van der Waals surface area contributed by atoms with Gasteiger partial charge in [-0.1, -0.05) is 54.1 Å². The molecule has 0 unspecified atom stereocenters. The molecule has 0 aliphatic carbocycles. The van der Waals surface area contributed by atoms with E-state index in [-0.39, 0.29) is 18.0 Å². The predicted molar refractivity (Wildman–Crippen MR) is 106 cm³/mol. The summed E-state index contributed by atoms with van der Waals surface area (Å²) in [4.78, 5) is 14.6. The molecule has 1 aliphatic rings. The van der Waals surface area contributed by atoms with E-state index in [0.717, 1.165) is 36.6 Å². The molecule has 0 saturated carbocycles. The fraction of sp³-hybridized carbons (Fsp3) is 0.381.